The van der Waals surface area contributed by atoms with Crippen LogP contribution in [-0.4, -0.2) is 5.66 Å². The number of halogens is 2. The smallest absolute Gasteiger partial charge is 0.202 e. The van der Waals surface area contributed by atoms with E-state index in [9.17, 15) is 8.78 Å². The molecule has 0 radical (unpaired) electrons. The van der Waals surface area contributed by atoms with E-state index in [0.717, 1.165) is 5.56 Å². The van der Waals surface area contributed by atoms with Crippen molar-refractivity contribution in [3.8, 4) is 0 Å². The highest BCUT2D eigenvalue weighted by Gasteiger charge is 2.31. The van der Waals surface area contributed by atoms with E-state index in [1.165, 1.54) is 6.92 Å². The normalized spacial score (nSPS) is 14.2. The van der Waals surface area contributed by atoms with Crippen LogP contribution in [0.3, 0.4) is 0 Å². The fourth-order valence-corrected chi connectivity index (χ4v) is 1.27. The minimum Gasteiger partial charge on any atom is -0.202 e. The quantitative estimate of drug-likeness (QED) is 0.643. The first kappa shape index (κ1) is 10.6. The van der Waals surface area contributed by atoms with Gasteiger partial charge in [-0.15, -0.1) is 0 Å². The van der Waals surface area contributed by atoms with Crippen LogP contribution in [0.25, 0.3) is 0 Å². The maximum Gasteiger partial charge on any atom is 0.265 e. The molecular weight excluding hydrogens is 189 g/mol. The Labute approximate surface area is 79.6 Å². The van der Waals surface area contributed by atoms with Crippen molar-refractivity contribution in [2.75, 3.05) is 0 Å². The van der Waals surface area contributed by atoms with Gasteiger partial charge in [0.2, 0.25) is 0 Å². The summed E-state index contributed by atoms with van der Waals surface area (Å²) in [6.45, 7) is 3.46. The zero-order valence-corrected chi connectivity index (χ0v) is 8.87. The third-order valence-corrected chi connectivity index (χ3v) is 2.65. The van der Waals surface area contributed by atoms with Crippen LogP contribution in [0.2, 0.25) is 0 Å². The summed E-state index contributed by atoms with van der Waals surface area (Å²) in [4.78, 5) is 0. The lowest BCUT2D eigenvalue weighted by Crippen LogP contribution is -2.15. The largest absolute Gasteiger partial charge is 0.265 e. The minimum atomic E-state index is -2.73. The van der Waals surface area contributed by atoms with Crippen molar-refractivity contribution < 1.29 is 8.78 Å². The molecular formula is C10H13F2P. The molecule has 0 N–H and O–H groups in total. The Bertz CT molecular complexity index is 274. The van der Waals surface area contributed by atoms with E-state index in [1.54, 1.807) is 21.4 Å². The summed E-state index contributed by atoms with van der Waals surface area (Å²) in [5.41, 5.74) is -0.969. The van der Waals surface area contributed by atoms with Crippen LogP contribution in [0.4, 0.5) is 8.78 Å². The number of aryl methyl sites for hydroxylation is 1. The van der Waals surface area contributed by atoms with Gasteiger partial charge in [-0.25, -0.2) is 8.78 Å². The lowest BCUT2D eigenvalue weighted by Gasteiger charge is -2.19. The number of alkyl halides is 2. The fourth-order valence-electron chi connectivity index (χ4n) is 1.08. The van der Waals surface area contributed by atoms with Crippen LogP contribution in [0.15, 0.2) is 24.3 Å². The molecule has 1 aromatic carbocycles. The third kappa shape index (κ3) is 2.73. The molecule has 0 fully saturated rings. The van der Waals surface area contributed by atoms with Crippen LogP contribution >= 0.6 is 9.24 Å². The predicted molar refractivity (Wildman–Crippen MR) is 54.3 cm³/mol. The van der Waals surface area contributed by atoms with E-state index in [2.05, 4.69) is 0 Å². The molecule has 1 aromatic rings. The molecule has 0 aromatic heterocycles. The Hall–Kier alpha value is -0.490. The van der Waals surface area contributed by atoms with Crippen molar-refractivity contribution in [1.82, 2.24) is 0 Å². The highest BCUT2D eigenvalue weighted by atomic mass is 31.0. The Morgan fingerprint density at radius 2 is 1.69 bits per heavy atom. The predicted octanol–water partition coefficient (Wildman–Crippen LogP) is 3.57. The van der Waals surface area contributed by atoms with Gasteiger partial charge in [0, 0.05) is 5.92 Å². The summed E-state index contributed by atoms with van der Waals surface area (Å²) in [6, 6.07) is 7.19. The van der Waals surface area contributed by atoms with Crippen LogP contribution in [0.1, 0.15) is 24.0 Å². The van der Waals surface area contributed by atoms with Crippen molar-refractivity contribution in [3.63, 3.8) is 0 Å². The molecule has 0 saturated heterocycles. The molecule has 2 atom stereocenters. The molecule has 0 amide bonds. The van der Waals surface area contributed by atoms with Crippen molar-refractivity contribution in [1.29, 1.82) is 0 Å². The zero-order chi connectivity index (χ0) is 10.1. The summed E-state index contributed by atoms with van der Waals surface area (Å²) in [6.07, 6.45) is 0. The van der Waals surface area contributed by atoms with Gasteiger partial charge in [0.25, 0.3) is 5.66 Å². The Morgan fingerprint density at radius 1 is 1.23 bits per heavy atom. The average Bonchev–Trinajstić information content (AvgIpc) is 2.03. The Morgan fingerprint density at radius 3 is 2.08 bits per heavy atom. The molecule has 0 saturated carbocycles. The number of hydrogen-bond donors (Lipinski definition) is 0. The van der Waals surface area contributed by atoms with Gasteiger partial charge in [-0.1, -0.05) is 46.0 Å². The molecule has 0 aliphatic carbocycles. The second kappa shape index (κ2) is 3.71. The molecule has 2 unspecified atom stereocenters. The van der Waals surface area contributed by atoms with Gasteiger partial charge in [-0.05, 0) is 12.5 Å². The number of hydrogen-bond acceptors (Lipinski definition) is 0. The van der Waals surface area contributed by atoms with E-state index < -0.39 is 11.6 Å². The van der Waals surface area contributed by atoms with Gasteiger partial charge in [0.15, 0.2) is 0 Å². The SMILES string of the molecule is Cc1ccc(C(C)C(F)(F)P)cc1. The molecule has 0 aliphatic heterocycles. The van der Waals surface area contributed by atoms with Gasteiger partial charge >= 0.3 is 0 Å². The lowest BCUT2D eigenvalue weighted by molar-refractivity contribution is 0.0781. The summed E-state index contributed by atoms with van der Waals surface area (Å²) < 4.78 is 25.7. The molecule has 0 nitrogen and oxygen atoms in total. The molecule has 0 bridgehead atoms. The molecule has 3 heteroatoms. The minimum absolute atomic E-state index is 0.672. The lowest BCUT2D eigenvalue weighted by atomic mass is 10.0. The van der Waals surface area contributed by atoms with Crippen molar-refractivity contribution in [2.45, 2.75) is 25.4 Å². The van der Waals surface area contributed by atoms with Gasteiger partial charge < -0.3 is 0 Å². The van der Waals surface area contributed by atoms with E-state index in [4.69, 9.17) is 0 Å². The van der Waals surface area contributed by atoms with Crippen LogP contribution in [-0.2, 0) is 0 Å². The van der Waals surface area contributed by atoms with Crippen LogP contribution < -0.4 is 0 Å². The maximum absolute atomic E-state index is 12.9. The molecule has 0 aliphatic rings. The maximum atomic E-state index is 12.9. The zero-order valence-electron chi connectivity index (χ0n) is 7.72. The summed E-state index contributed by atoms with van der Waals surface area (Å²) in [5, 5.41) is 0. The van der Waals surface area contributed by atoms with E-state index >= 15 is 0 Å². The second-order valence-electron chi connectivity index (χ2n) is 3.31. The fraction of sp³-hybridized carbons (Fsp3) is 0.400. The van der Waals surface area contributed by atoms with E-state index in [-0.39, 0.29) is 0 Å². The van der Waals surface area contributed by atoms with Crippen molar-refractivity contribution >= 4 is 9.24 Å². The standard InChI is InChI=1S/C10H13F2P/c1-7-3-5-9(6-4-7)8(2)10(11,12)13/h3-6,8H,13H2,1-2H3. The number of benzene rings is 1. The Kier molecular flexibility index (Phi) is 3.02. The molecule has 72 valence electrons. The molecule has 0 heterocycles. The highest BCUT2D eigenvalue weighted by molar-refractivity contribution is 7.18. The second-order valence-corrected chi connectivity index (χ2v) is 4.08. The van der Waals surface area contributed by atoms with Gasteiger partial charge in [0.1, 0.15) is 0 Å². The summed E-state index contributed by atoms with van der Waals surface area (Å²) in [7, 11) is 1.58. The van der Waals surface area contributed by atoms with Gasteiger partial charge in [-0.2, -0.15) is 0 Å². The summed E-state index contributed by atoms with van der Waals surface area (Å²) in [5.74, 6) is -0.752. The highest BCUT2D eigenvalue weighted by Crippen LogP contribution is 2.38. The Balaban J connectivity index is 2.90. The van der Waals surface area contributed by atoms with Crippen molar-refractivity contribution in [2.24, 2.45) is 0 Å². The van der Waals surface area contributed by atoms with E-state index in [1.807, 2.05) is 19.1 Å². The molecule has 1 rings (SSSR count). The number of rotatable bonds is 2. The average molecular weight is 202 g/mol. The van der Waals surface area contributed by atoms with E-state index in [0.29, 0.717) is 5.56 Å². The first-order valence-corrected chi connectivity index (χ1v) is 4.72. The topological polar surface area (TPSA) is 0 Å². The first-order chi connectivity index (χ1) is 5.91. The van der Waals surface area contributed by atoms with Crippen molar-refractivity contribution in [3.05, 3.63) is 35.4 Å². The first-order valence-electron chi connectivity index (χ1n) is 4.14. The monoisotopic (exact) mass is 202 g/mol. The third-order valence-electron chi connectivity index (χ3n) is 2.15. The van der Waals surface area contributed by atoms with Crippen LogP contribution in [0, 0.1) is 6.92 Å². The van der Waals surface area contributed by atoms with Gasteiger partial charge in [-0.3, -0.25) is 0 Å². The summed E-state index contributed by atoms with van der Waals surface area (Å²) >= 11 is 0. The van der Waals surface area contributed by atoms with Crippen LogP contribution in [0.5, 0.6) is 0 Å². The molecule has 0 spiro atoms. The van der Waals surface area contributed by atoms with Gasteiger partial charge in [0.05, 0.1) is 0 Å². The molecule has 13 heavy (non-hydrogen) atoms.